The van der Waals surface area contributed by atoms with Gasteiger partial charge in [-0.1, -0.05) is 30.0 Å². The van der Waals surface area contributed by atoms with Crippen LogP contribution in [0, 0.1) is 6.92 Å². The molecule has 0 radical (unpaired) electrons. The first-order chi connectivity index (χ1) is 10.4. The molecule has 0 unspecified atom stereocenters. The Morgan fingerprint density at radius 2 is 1.82 bits per heavy atom. The molecule has 0 bridgehead atoms. The molecule has 2 aromatic rings. The van der Waals surface area contributed by atoms with Crippen molar-refractivity contribution in [1.29, 1.82) is 0 Å². The van der Waals surface area contributed by atoms with Crippen LogP contribution >= 0.6 is 11.8 Å². The number of para-hydroxylation sites is 1. The molecule has 116 valence electrons. The molecule has 0 fully saturated rings. The highest BCUT2D eigenvalue weighted by Gasteiger charge is 2.23. The number of rotatable bonds is 4. The van der Waals surface area contributed by atoms with Gasteiger partial charge in [0.05, 0.1) is 24.2 Å². The summed E-state index contributed by atoms with van der Waals surface area (Å²) in [6.45, 7) is 2.67. The van der Waals surface area contributed by atoms with E-state index in [1.165, 1.54) is 15.4 Å². The molecule has 2 aromatic carbocycles. The molecule has 0 saturated heterocycles. The highest BCUT2D eigenvalue weighted by molar-refractivity contribution is 7.99. The van der Waals surface area contributed by atoms with E-state index in [9.17, 15) is 8.42 Å². The predicted molar refractivity (Wildman–Crippen MR) is 89.5 cm³/mol. The molecule has 0 saturated carbocycles. The first-order valence-electron chi connectivity index (χ1n) is 6.93. The van der Waals surface area contributed by atoms with Crippen molar-refractivity contribution >= 4 is 33.3 Å². The van der Waals surface area contributed by atoms with Crippen LogP contribution in [0.25, 0.3) is 0 Å². The van der Waals surface area contributed by atoms with E-state index in [0.29, 0.717) is 6.54 Å². The fourth-order valence-electron chi connectivity index (χ4n) is 2.46. The van der Waals surface area contributed by atoms with Crippen molar-refractivity contribution in [1.82, 2.24) is 0 Å². The average molecular weight is 335 g/mol. The fourth-order valence-corrected chi connectivity index (χ4v) is 3.91. The molecule has 3 rings (SSSR count). The predicted octanol–water partition coefficient (Wildman–Crippen LogP) is 3.57. The van der Waals surface area contributed by atoms with Crippen molar-refractivity contribution < 1.29 is 12.6 Å². The summed E-state index contributed by atoms with van der Waals surface area (Å²) in [6.07, 6.45) is 1.07. The Labute approximate surface area is 135 Å². The van der Waals surface area contributed by atoms with Crippen LogP contribution in [0.2, 0.25) is 0 Å². The summed E-state index contributed by atoms with van der Waals surface area (Å²) in [5.41, 5.74) is 3.36. The van der Waals surface area contributed by atoms with Gasteiger partial charge in [-0.05, 0) is 36.8 Å². The molecule has 1 heterocycles. The summed E-state index contributed by atoms with van der Waals surface area (Å²) in [5.74, 6) is 0. The standard InChI is InChI=1S/C16H17NO3S2/c1-12-7-8-16-14(11-12)17(9-10-20-22(2,18)19)13-5-3-4-6-15(13)21-16/h3-8,11H,9-10H2,1-2H3. The number of benzene rings is 2. The van der Waals surface area contributed by atoms with E-state index in [4.69, 9.17) is 4.18 Å². The van der Waals surface area contributed by atoms with Gasteiger partial charge in [0, 0.05) is 16.3 Å². The van der Waals surface area contributed by atoms with Crippen molar-refractivity contribution in [3.63, 3.8) is 0 Å². The summed E-state index contributed by atoms with van der Waals surface area (Å²) >= 11 is 1.73. The zero-order chi connectivity index (χ0) is 15.7. The number of aryl methyl sites for hydroxylation is 1. The van der Waals surface area contributed by atoms with Gasteiger partial charge < -0.3 is 4.90 Å². The average Bonchev–Trinajstić information content (AvgIpc) is 2.46. The normalized spacial score (nSPS) is 13.6. The number of hydrogen-bond acceptors (Lipinski definition) is 5. The Morgan fingerprint density at radius 3 is 2.59 bits per heavy atom. The molecular weight excluding hydrogens is 318 g/mol. The monoisotopic (exact) mass is 335 g/mol. The summed E-state index contributed by atoms with van der Waals surface area (Å²) < 4.78 is 27.3. The van der Waals surface area contributed by atoms with Crippen molar-refractivity contribution in [2.45, 2.75) is 16.7 Å². The fraction of sp³-hybridized carbons (Fsp3) is 0.250. The smallest absolute Gasteiger partial charge is 0.264 e. The molecule has 1 aliphatic rings. The maximum Gasteiger partial charge on any atom is 0.264 e. The maximum atomic E-state index is 11.2. The second kappa shape index (κ2) is 5.95. The van der Waals surface area contributed by atoms with Gasteiger partial charge in [0.1, 0.15) is 0 Å². The lowest BCUT2D eigenvalue weighted by Gasteiger charge is -2.32. The molecule has 0 spiro atoms. The summed E-state index contributed by atoms with van der Waals surface area (Å²) in [6, 6.07) is 14.4. The number of anilines is 2. The Hall–Kier alpha value is -1.50. The minimum absolute atomic E-state index is 0.130. The number of hydrogen-bond donors (Lipinski definition) is 0. The largest absolute Gasteiger partial charge is 0.337 e. The summed E-state index contributed by atoms with van der Waals surface area (Å²) in [5, 5.41) is 0. The molecule has 22 heavy (non-hydrogen) atoms. The lowest BCUT2D eigenvalue weighted by Crippen LogP contribution is -2.26. The van der Waals surface area contributed by atoms with Gasteiger partial charge in [-0.2, -0.15) is 8.42 Å². The van der Waals surface area contributed by atoms with Crippen LogP contribution in [0.15, 0.2) is 52.3 Å². The van der Waals surface area contributed by atoms with Crippen LogP contribution in [0.3, 0.4) is 0 Å². The summed E-state index contributed by atoms with van der Waals surface area (Å²) in [7, 11) is -3.42. The lowest BCUT2D eigenvalue weighted by molar-refractivity contribution is 0.330. The first kappa shape index (κ1) is 15.4. The third-order valence-corrected chi connectivity index (χ3v) is 5.12. The number of fused-ring (bicyclic) bond motifs is 2. The molecule has 0 atom stereocenters. The highest BCUT2D eigenvalue weighted by Crippen LogP contribution is 2.47. The zero-order valence-electron chi connectivity index (χ0n) is 12.4. The van der Waals surface area contributed by atoms with E-state index in [2.05, 4.69) is 36.1 Å². The summed E-state index contributed by atoms with van der Waals surface area (Å²) in [4.78, 5) is 4.46. The van der Waals surface area contributed by atoms with Crippen LogP contribution < -0.4 is 4.90 Å². The second-order valence-corrected chi connectivity index (χ2v) is 7.95. The van der Waals surface area contributed by atoms with E-state index in [-0.39, 0.29) is 6.61 Å². The van der Waals surface area contributed by atoms with E-state index in [1.807, 2.05) is 18.2 Å². The SMILES string of the molecule is Cc1ccc2c(c1)N(CCOS(C)(=O)=O)c1ccccc1S2. The van der Waals surface area contributed by atoms with Gasteiger partial charge >= 0.3 is 0 Å². The van der Waals surface area contributed by atoms with Gasteiger partial charge in [-0.25, -0.2) is 0 Å². The Balaban J connectivity index is 1.95. The van der Waals surface area contributed by atoms with Crippen molar-refractivity contribution in [3.05, 3.63) is 48.0 Å². The van der Waals surface area contributed by atoms with Gasteiger partial charge in [-0.15, -0.1) is 0 Å². The van der Waals surface area contributed by atoms with Gasteiger partial charge in [0.2, 0.25) is 0 Å². The van der Waals surface area contributed by atoms with Gasteiger partial charge in [0.15, 0.2) is 0 Å². The molecule has 0 amide bonds. The minimum atomic E-state index is -3.42. The van der Waals surface area contributed by atoms with E-state index < -0.39 is 10.1 Å². The molecule has 0 N–H and O–H groups in total. The van der Waals surface area contributed by atoms with Gasteiger partial charge in [-0.3, -0.25) is 4.18 Å². The Morgan fingerprint density at radius 1 is 1.09 bits per heavy atom. The van der Waals surface area contributed by atoms with Crippen molar-refractivity contribution in [2.75, 3.05) is 24.3 Å². The molecular formula is C16H17NO3S2. The number of nitrogens with zero attached hydrogens (tertiary/aromatic N) is 1. The third-order valence-electron chi connectivity index (χ3n) is 3.39. The first-order valence-corrected chi connectivity index (χ1v) is 9.57. The quantitative estimate of drug-likeness (QED) is 0.799. The van der Waals surface area contributed by atoms with Crippen molar-refractivity contribution in [3.8, 4) is 0 Å². The van der Waals surface area contributed by atoms with Crippen LogP contribution in [-0.2, 0) is 14.3 Å². The van der Waals surface area contributed by atoms with E-state index in [0.717, 1.165) is 17.6 Å². The van der Waals surface area contributed by atoms with E-state index in [1.54, 1.807) is 11.8 Å². The molecule has 0 aromatic heterocycles. The van der Waals surface area contributed by atoms with Crippen LogP contribution in [0.1, 0.15) is 5.56 Å². The molecule has 4 nitrogen and oxygen atoms in total. The van der Waals surface area contributed by atoms with Crippen molar-refractivity contribution in [2.24, 2.45) is 0 Å². The maximum absolute atomic E-state index is 11.2. The van der Waals surface area contributed by atoms with Crippen LogP contribution in [0.5, 0.6) is 0 Å². The Kier molecular flexibility index (Phi) is 4.16. The molecule has 6 heteroatoms. The third kappa shape index (κ3) is 3.29. The lowest BCUT2D eigenvalue weighted by atomic mass is 10.1. The van der Waals surface area contributed by atoms with E-state index >= 15 is 0 Å². The topological polar surface area (TPSA) is 46.6 Å². The van der Waals surface area contributed by atoms with Crippen LogP contribution in [0.4, 0.5) is 11.4 Å². The second-order valence-electron chi connectivity index (χ2n) is 5.22. The van der Waals surface area contributed by atoms with Crippen LogP contribution in [-0.4, -0.2) is 27.8 Å². The minimum Gasteiger partial charge on any atom is -0.337 e. The zero-order valence-corrected chi connectivity index (χ0v) is 14.1. The highest BCUT2D eigenvalue weighted by atomic mass is 32.2. The Bertz CT molecular complexity index is 803. The molecule has 0 aliphatic carbocycles. The molecule has 1 aliphatic heterocycles. The van der Waals surface area contributed by atoms with Gasteiger partial charge in [0.25, 0.3) is 10.1 Å².